The van der Waals surface area contributed by atoms with Gasteiger partial charge in [0.05, 0.1) is 0 Å². The maximum Gasteiger partial charge on any atom is 0.0465 e. The van der Waals surface area contributed by atoms with Crippen molar-refractivity contribution in [2.24, 2.45) is 0 Å². The van der Waals surface area contributed by atoms with Gasteiger partial charge >= 0.3 is 0 Å². The Morgan fingerprint density at radius 3 is 2.27 bits per heavy atom. The zero-order valence-electron chi connectivity index (χ0n) is 7.51. The summed E-state index contributed by atoms with van der Waals surface area (Å²) in [4.78, 5) is 0. The molecule has 0 saturated heterocycles. The number of thiol groups is 1. The summed E-state index contributed by atoms with van der Waals surface area (Å²) in [5.41, 5.74) is 0. The summed E-state index contributed by atoms with van der Waals surface area (Å²) in [6.45, 7) is 3.84. The zero-order chi connectivity index (χ0) is 8.36. The van der Waals surface area contributed by atoms with Gasteiger partial charge in [-0.3, -0.25) is 0 Å². The Kier molecular flexibility index (Phi) is 10.6. The van der Waals surface area contributed by atoms with Crippen LogP contribution in [0.4, 0.5) is 0 Å². The monoisotopic (exact) mass is 176 g/mol. The van der Waals surface area contributed by atoms with E-state index >= 15 is 0 Å². The lowest BCUT2D eigenvalue weighted by Crippen LogP contribution is -1.92. The Hall–Kier alpha value is 0.310. The first kappa shape index (κ1) is 11.3. The van der Waals surface area contributed by atoms with E-state index in [-0.39, 0.29) is 0 Å². The van der Waals surface area contributed by atoms with Crippen molar-refractivity contribution in [3.8, 4) is 0 Å². The van der Waals surface area contributed by atoms with Crippen LogP contribution >= 0.6 is 12.6 Å². The Bertz CT molecular complexity index is 58.6. The zero-order valence-corrected chi connectivity index (χ0v) is 8.41. The van der Waals surface area contributed by atoms with Crippen molar-refractivity contribution >= 4 is 12.6 Å². The van der Waals surface area contributed by atoms with Crippen LogP contribution in [0.15, 0.2) is 0 Å². The molecule has 0 aliphatic heterocycles. The topological polar surface area (TPSA) is 9.23 Å². The molecule has 0 unspecified atom stereocenters. The highest BCUT2D eigenvalue weighted by atomic mass is 32.1. The largest absolute Gasteiger partial charge is 0.382 e. The van der Waals surface area contributed by atoms with Gasteiger partial charge in [-0.1, -0.05) is 19.3 Å². The fourth-order valence-corrected chi connectivity index (χ4v) is 1.21. The summed E-state index contributed by atoms with van der Waals surface area (Å²) in [6.07, 6.45) is 6.47. The van der Waals surface area contributed by atoms with Crippen molar-refractivity contribution in [2.75, 3.05) is 19.0 Å². The van der Waals surface area contributed by atoms with Crippen LogP contribution in [0.1, 0.15) is 39.0 Å². The molecule has 0 aromatic rings. The van der Waals surface area contributed by atoms with Gasteiger partial charge in [0.15, 0.2) is 0 Å². The minimum atomic E-state index is 0.858. The second-order valence-corrected chi connectivity index (χ2v) is 3.14. The highest BCUT2D eigenvalue weighted by Crippen LogP contribution is 2.03. The van der Waals surface area contributed by atoms with Crippen molar-refractivity contribution in [3.63, 3.8) is 0 Å². The molecule has 0 saturated carbocycles. The average molecular weight is 176 g/mol. The van der Waals surface area contributed by atoms with Crippen LogP contribution in [0, 0.1) is 0 Å². The van der Waals surface area contributed by atoms with Crippen molar-refractivity contribution in [1.29, 1.82) is 0 Å². The smallest absolute Gasteiger partial charge is 0.0465 e. The molecular formula is C9H20OS. The quantitative estimate of drug-likeness (QED) is 0.442. The molecule has 0 bridgehead atoms. The maximum absolute atomic E-state index is 5.22. The third kappa shape index (κ3) is 10.3. The molecule has 0 rings (SSSR count). The number of rotatable bonds is 8. The molecule has 0 aliphatic carbocycles. The second-order valence-electron chi connectivity index (χ2n) is 2.69. The molecule has 0 aromatic heterocycles. The van der Waals surface area contributed by atoms with Crippen LogP contribution < -0.4 is 0 Å². The SMILES string of the molecule is CCOCCCCCCCS. The molecule has 0 fully saturated rings. The first-order chi connectivity index (χ1) is 5.41. The molecule has 0 spiro atoms. The van der Waals surface area contributed by atoms with Crippen LogP contribution in [0.2, 0.25) is 0 Å². The van der Waals surface area contributed by atoms with E-state index in [1.807, 2.05) is 6.92 Å². The number of unbranched alkanes of at least 4 members (excludes halogenated alkanes) is 4. The maximum atomic E-state index is 5.22. The fraction of sp³-hybridized carbons (Fsp3) is 1.00. The molecule has 2 heteroatoms. The Morgan fingerprint density at radius 2 is 1.64 bits per heavy atom. The van der Waals surface area contributed by atoms with Gasteiger partial charge in [-0.25, -0.2) is 0 Å². The Labute approximate surface area is 75.9 Å². The van der Waals surface area contributed by atoms with Crippen LogP contribution in [0.3, 0.4) is 0 Å². The summed E-state index contributed by atoms with van der Waals surface area (Å²) >= 11 is 4.15. The van der Waals surface area contributed by atoms with E-state index in [1.54, 1.807) is 0 Å². The lowest BCUT2D eigenvalue weighted by Gasteiger charge is -2.00. The molecule has 0 heterocycles. The molecule has 0 N–H and O–H groups in total. The third-order valence-electron chi connectivity index (χ3n) is 1.65. The lowest BCUT2D eigenvalue weighted by molar-refractivity contribution is 0.143. The summed E-state index contributed by atoms with van der Waals surface area (Å²) in [5, 5.41) is 0. The third-order valence-corrected chi connectivity index (χ3v) is 1.97. The molecule has 11 heavy (non-hydrogen) atoms. The molecule has 0 atom stereocenters. The van der Waals surface area contributed by atoms with E-state index in [1.165, 1.54) is 32.1 Å². The summed E-state index contributed by atoms with van der Waals surface area (Å²) < 4.78 is 5.22. The van der Waals surface area contributed by atoms with Gasteiger partial charge in [0.1, 0.15) is 0 Å². The predicted octanol–water partition coefficient (Wildman–Crippen LogP) is 2.90. The lowest BCUT2D eigenvalue weighted by atomic mass is 10.2. The Morgan fingerprint density at radius 1 is 1.00 bits per heavy atom. The Balaban J connectivity index is 2.69. The standard InChI is InChI=1S/C9H20OS/c1-2-10-8-6-4-3-5-7-9-11/h11H,2-9H2,1H3. The van der Waals surface area contributed by atoms with E-state index in [0.29, 0.717) is 0 Å². The van der Waals surface area contributed by atoms with E-state index in [4.69, 9.17) is 4.74 Å². The molecule has 0 amide bonds. The van der Waals surface area contributed by atoms with Gasteiger partial charge in [0, 0.05) is 13.2 Å². The predicted molar refractivity (Wildman–Crippen MR) is 53.4 cm³/mol. The minimum Gasteiger partial charge on any atom is -0.382 e. The van der Waals surface area contributed by atoms with Gasteiger partial charge in [0.2, 0.25) is 0 Å². The van der Waals surface area contributed by atoms with E-state index in [9.17, 15) is 0 Å². The van der Waals surface area contributed by atoms with Gasteiger partial charge < -0.3 is 4.74 Å². The van der Waals surface area contributed by atoms with Crippen LogP contribution in [0.25, 0.3) is 0 Å². The highest BCUT2D eigenvalue weighted by molar-refractivity contribution is 7.80. The fourth-order valence-electron chi connectivity index (χ4n) is 0.991. The normalized spacial score (nSPS) is 10.4. The van der Waals surface area contributed by atoms with Gasteiger partial charge in [-0.2, -0.15) is 12.6 Å². The summed E-state index contributed by atoms with van der Waals surface area (Å²) in [5.74, 6) is 1.03. The van der Waals surface area contributed by atoms with E-state index in [0.717, 1.165) is 19.0 Å². The van der Waals surface area contributed by atoms with E-state index in [2.05, 4.69) is 12.6 Å². The highest BCUT2D eigenvalue weighted by Gasteiger charge is 1.88. The second kappa shape index (κ2) is 10.3. The van der Waals surface area contributed by atoms with Crippen molar-refractivity contribution < 1.29 is 4.74 Å². The van der Waals surface area contributed by atoms with Crippen LogP contribution in [-0.2, 0) is 4.74 Å². The molecule has 0 aromatic carbocycles. The van der Waals surface area contributed by atoms with Crippen molar-refractivity contribution in [2.45, 2.75) is 39.0 Å². The van der Waals surface area contributed by atoms with Crippen molar-refractivity contribution in [3.05, 3.63) is 0 Å². The van der Waals surface area contributed by atoms with Gasteiger partial charge in [0.25, 0.3) is 0 Å². The van der Waals surface area contributed by atoms with Gasteiger partial charge in [-0.15, -0.1) is 0 Å². The molecule has 0 radical (unpaired) electrons. The van der Waals surface area contributed by atoms with Crippen LogP contribution in [0.5, 0.6) is 0 Å². The first-order valence-electron chi connectivity index (χ1n) is 4.60. The molecule has 68 valence electrons. The minimum absolute atomic E-state index is 0.858. The number of hydrogen-bond acceptors (Lipinski definition) is 2. The summed E-state index contributed by atoms with van der Waals surface area (Å²) in [7, 11) is 0. The van der Waals surface area contributed by atoms with E-state index < -0.39 is 0 Å². The molecule has 1 nitrogen and oxygen atoms in total. The summed E-state index contributed by atoms with van der Waals surface area (Å²) in [6, 6.07) is 0. The van der Waals surface area contributed by atoms with Crippen molar-refractivity contribution in [1.82, 2.24) is 0 Å². The first-order valence-corrected chi connectivity index (χ1v) is 5.23. The average Bonchev–Trinajstić information content (AvgIpc) is 2.03. The van der Waals surface area contributed by atoms with Gasteiger partial charge in [-0.05, 0) is 25.5 Å². The number of ether oxygens (including phenoxy) is 1. The molecular weight excluding hydrogens is 156 g/mol. The molecule has 0 aliphatic rings. The van der Waals surface area contributed by atoms with Crippen LogP contribution in [-0.4, -0.2) is 19.0 Å². The number of hydrogen-bond donors (Lipinski definition) is 1.